The minimum atomic E-state index is -4.27. The SMILES string of the molecule is C=C[C@@H]1C[C@]1(NC(=O)[C@@H]1C[C@@H](Oc2cc(-n3ccc(NC(C)C)n3)nc3cc(OCCOC)ccc23)CN1C(=O)[C@@H](NC(=O)OC1C[C@@H]2C[C@@H]2C1)C(C)(C)C)C(=O)O.C=C[C@@H]1C[C@]1(NC(=O)[C@@H]1C[C@H](OS(=O)(=O)c2ccc(Br)cc2)CN1C(=O)[C@@H](NC(=O)OC(C)(C)C)C(C)(C)C)C(=O)OC.COCCOc1ccc2c(=O)cc(-n3ccc(NC(C)C)n3)[nH]c2c1.O=C(OC1C[C@@H]2C[C@@H]2C1)ON1C(=O)CCC1=O. The molecule has 774 valence electrons. The third kappa shape index (κ3) is 27.0. The number of aromatic amines is 1. The topological polar surface area (TPSA) is 507 Å². The molecule has 0 bridgehead atoms. The molecule has 7 aromatic rings. The Morgan fingerprint density at radius 1 is 0.587 bits per heavy atom. The lowest BCUT2D eigenvalue weighted by Gasteiger charge is -2.36. The highest BCUT2D eigenvalue weighted by molar-refractivity contribution is 9.10. The van der Waals surface area contributed by atoms with Crippen LogP contribution in [0.2, 0.25) is 0 Å². The Kier molecular flexibility index (Phi) is 33.6. The molecule has 6 saturated carbocycles. The molecule has 16 atom stereocenters. The third-order valence-electron chi connectivity index (χ3n) is 26.0. The average molecular weight is 2070 g/mol. The first-order valence-corrected chi connectivity index (χ1v) is 50.1. The lowest BCUT2D eigenvalue weighted by atomic mass is 9.85. The van der Waals surface area contributed by atoms with Crippen LogP contribution in [-0.2, 0) is 85.9 Å². The number of aromatic nitrogens is 6. The number of nitrogens with zero attached hydrogens (tertiary/aromatic N) is 8. The first kappa shape index (κ1) is 108. The summed E-state index contributed by atoms with van der Waals surface area (Å²) in [5.74, 6) is 0.620. The van der Waals surface area contributed by atoms with Gasteiger partial charge in [0, 0.05) is 134 Å². The van der Waals surface area contributed by atoms with Crippen LogP contribution in [0.1, 0.15) is 167 Å². The molecular weight excluding hydrogens is 1940 g/mol. The fourth-order valence-corrected chi connectivity index (χ4v) is 19.7. The summed E-state index contributed by atoms with van der Waals surface area (Å²) in [5.41, 5.74) is -4.14. The maximum atomic E-state index is 14.7. The highest BCUT2D eigenvalue weighted by Gasteiger charge is 2.64. The van der Waals surface area contributed by atoms with Gasteiger partial charge in [-0.25, -0.2) is 38.3 Å². The van der Waals surface area contributed by atoms with Crippen molar-refractivity contribution in [2.24, 2.45) is 46.3 Å². The Hall–Kier alpha value is -12.7. The number of rotatable bonds is 34. The van der Waals surface area contributed by atoms with E-state index >= 15 is 0 Å². The number of carboxylic acid groups (broad SMARTS) is 1. The van der Waals surface area contributed by atoms with Crippen molar-refractivity contribution in [3.05, 3.63) is 137 Å². The van der Waals surface area contributed by atoms with E-state index in [9.17, 15) is 71.1 Å². The van der Waals surface area contributed by atoms with Crippen molar-refractivity contribution in [1.82, 2.24) is 65.7 Å². The number of hydroxylamine groups is 2. The van der Waals surface area contributed by atoms with Gasteiger partial charge in [0.2, 0.25) is 23.6 Å². The van der Waals surface area contributed by atoms with Crippen molar-refractivity contribution >= 4 is 125 Å². The molecule has 4 aromatic heterocycles. The lowest BCUT2D eigenvalue weighted by molar-refractivity contribution is -0.178. The van der Waals surface area contributed by atoms with Crippen LogP contribution in [0, 0.1) is 46.3 Å². The van der Waals surface area contributed by atoms with Gasteiger partial charge in [-0.3, -0.25) is 42.6 Å². The number of methoxy groups -OCH3 is 3. The zero-order valence-corrected chi connectivity index (χ0v) is 85.7. The van der Waals surface area contributed by atoms with E-state index in [1.165, 1.54) is 54.0 Å². The maximum Gasteiger partial charge on any atom is 0.534 e. The molecule has 7 heterocycles. The highest BCUT2D eigenvalue weighted by atomic mass is 79.9. The number of esters is 1. The van der Waals surface area contributed by atoms with Gasteiger partial charge in [-0.2, -0.15) is 8.42 Å². The molecule has 143 heavy (non-hydrogen) atoms. The summed E-state index contributed by atoms with van der Waals surface area (Å²) < 4.78 is 85.1. The van der Waals surface area contributed by atoms with Gasteiger partial charge in [0.05, 0.1) is 48.9 Å². The van der Waals surface area contributed by atoms with Gasteiger partial charge in [0.1, 0.15) is 107 Å². The number of halogens is 1. The zero-order valence-electron chi connectivity index (χ0n) is 83.3. The Balaban J connectivity index is 0.000000175. The number of nitrogens with one attached hydrogen (secondary N) is 7. The number of carbonyl (C=O) groups excluding carboxylic acids is 10. The molecule has 3 aliphatic heterocycles. The summed E-state index contributed by atoms with van der Waals surface area (Å²) in [6, 6.07) is 19.5. The Morgan fingerprint density at radius 2 is 1.08 bits per heavy atom. The van der Waals surface area contributed by atoms with E-state index < -0.39 is 146 Å². The smallest absolute Gasteiger partial charge is 0.491 e. The number of alkyl carbamates (subject to hydrolysis) is 2. The summed E-state index contributed by atoms with van der Waals surface area (Å²) in [6.07, 6.45) is 8.34. The number of benzene rings is 3. The van der Waals surface area contributed by atoms with E-state index in [0.29, 0.717) is 116 Å². The third-order valence-corrected chi connectivity index (χ3v) is 27.9. The fourth-order valence-electron chi connectivity index (χ4n) is 18.4. The van der Waals surface area contributed by atoms with Gasteiger partial charge in [0.25, 0.3) is 21.9 Å². The molecule has 16 rings (SSSR count). The normalized spacial score (nSPS) is 24.2. The second-order valence-corrected chi connectivity index (χ2v) is 43.6. The first-order chi connectivity index (χ1) is 67.5. The van der Waals surface area contributed by atoms with Crippen molar-refractivity contribution in [2.45, 2.75) is 249 Å². The number of H-pyrrole nitrogens is 1. The van der Waals surface area contributed by atoms with Crippen LogP contribution in [0.5, 0.6) is 17.2 Å². The number of ether oxygens (including phenoxy) is 9. The van der Waals surface area contributed by atoms with Crippen molar-refractivity contribution in [2.75, 3.05) is 71.5 Å². The number of likely N-dealkylation sites (tertiary alicyclic amines) is 2. The number of fused-ring (bicyclic) bond motifs is 4. The molecule has 8 N–H and O–H groups in total. The Morgan fingerprint density at radius 3 is 1.59 bits per heavy atom. The number of hydrogen-bond donors (Lipinski definition) is 8. The quantitative estimate of drug-likeness (QED) is 0.00464. The molecule has 3 saturated heterocycles. The van der Waals surface area contributed by atoms with Crippen molar-refractivity contribution in [3.63, 3.8) is 0 Å². The number of imide groups is 1. The molecule has 9 aliphatic rings. The molecule has 0 spiro atoms. The number of hydrogen-bond acceptors (Lipinski definition) is 30. The predicted octanol–water partition coefficient (Wildman–Crippen LogP) is 11.6. The highest BCUT2D eigenvalue weighted by Crippen LogP contribution is 2.54. The second kappa shape index (κ2) is 44.6. The van der Waals surface area contributed by atoms with E-state index in [2.05, 4.69) is 81.0 Å². The van der Waals surface area contributed by atoms with Crippen molar-refractivity contribution in [3.8, 4) is 28.9 Å². The zero-order chi connectivity index (χ0) is 104. The van der Waals surface area contributed by atoms with Crippen LogP contribution < -0.4 is 51.5 Å². The molecule has 9 fully saturated rings. The maximum absolute atomic E-state index is 14.7. The van der Waals surface area contributed by atoms with Crippen molar-refractivity contribution < 1.29 is 118 Å². The van der Waals surface area contributed by atoms with Gasteiger partial charge < -0.3 is 94.4 Å². The molecule has 2 unspecified atom stereocenters. The van der Waals surface area contributed by atoms with E-state index in [0.717, 1.165) is 31.5 Å². The second-order valence-electron chi connectivity index (χ2n) is 41.1. The largest absolute Gasteiger partial charge is 0.534 e. The first-order valence-electron chi connectivity index (χ1n) is 47.9. The Bertz CT molecular complexity index is 6050. The monoisotopic (exact) mass is 2070 g/mol. The van der Waals surface area contributed by atoms with E-state index in [1.807, 2.05) is 72.7 Å². The number of anilines is 2. The summed E-state index contributed by atoms with van der Waals surface area (Å²) in [7, 11) is 0.157. The summed E-state index contributed by atoms with van der Waals surface area (Å²) in [5, 5.41) is 38.4. The van der Waals surface area contributed by atoms with Gasteiger partial charge in [-0.05, 0) is 183 Å². The number of carbonyl (C=O) groups is 11. The molecule has 3 aromatic carbocycles. The van der Waals surface area contributed by atoms with Gasteiger partial charge in [-0.15, -0.1) is 23.4 Å². The summed E-state index contributed by atoms with van der Waals surface area (Å²) in [4.78, 5) is 169. The standard InChI is InChI=1S/C42H55N7O9.C29H40BrN3O9S.C18H22N4O3.C11H13NO5/c1-8-26-21-42(26,39(52)53)46-37(50)32-19-29(22-48(32)38(51)36(41(4,5)6)45-40(54)58-28-16-24-15-25(24)17-28)57-33-20-35(49-12-11-34(47-49)43-23(2)3)44-31-18-27(9-10-30(31)33)56-14-13-55-7;1-9-17-15-29(17,25(36)40-8)32-23(34)21-14-19(42-43(38,39)20-12-10-18(30)11-13-20)16-33(21)24(35)22(27(2,3)4)31-26(37)41-28(5,6)7;1-12(2)19-17-6-7-22(21-17)18-11-16(23)14-5-4-13(10-15(14)20-18)25-9-8-24-3;13-9-1-2-10(14)12(9)17-11(15)16-8-4-6-3-7(6)5-8/h8-12,18,20,23-26,28-29,32,36H,1,13-17,19,21-22H2,2-7H3,(H,43,47)(H,45,54)(H,46,50)(H,52,53);9-13,17,19,21-22H,1,14-16H2,2-8H3,(H,31,37)(H,32,34);4-7,10-12H,8-9H2,1-3H3,(H,19,21)(H,20,23);6-8H,1-5H2/t24-,25+,26-,28?,29-,32+,36-,42-;17-,19+,21+,22-,29-;;6-,7+,8?/m11../s1. The van der Waals surface area contributed by atoms with Crippen LogP contribution >= 0.6 is 15.9 Å². The van der Waals surface area contributed by atoms with Crippen LogP contribution in [0.4, 0.5) is 26.0 Å². The van der Waals surface area contributed by atoms with Crippen molar-refractivity contribution in [1.29, 1.82) is 0 Å². The predicted molar refractivity (Wildman–Crippen MR) is 525 cm³/mol. The van der Waals surface area contributed by atoms with Gasteiger partial charge >= 0.3 is 30.3 Å². The number of carboxylic acids is 1. The number of aliphatic carboxylic acids is 1. The van der Waals surface area contributed by atoms with Gasteiger partial charge in [-0.1, -0.05) is 74.7 Å². The van der Waals surface area contributed by atoms with E-state index in [-0.39, 0.29) is 92.1 Å². The van der Waals surface area contributed by atoms with Crippen LogP contribution in [-0.4, -0.2) is 262 Å². The molecular formula is C100H130BrN15O26S. The molecule has 41 nitrogen and oxygen atoms in total. The molecule has 6 aliphatic carbocycles. The average Bonchev–Trinajstić information content (AvgIpc) is 1.57. The fraction of sp³-hybridized carbons (Fsp3) is 0.550. The molecule has 0 radical (unpaired) electrons. The lowest BCUT2D eigenvalue weighted by Crippen LogP contribution is -2.59. The van der Waals surface area contributed by atoms with Crippen LogP contribution in [0.3, 0.4) is 0 Å². The number of amides is 8. The molecule has 8 amide bonds. The van der Waals surface area contributed by atoms with E-state index in [1.54, 1.807) is 126 Å². The van der Waals surface area contributed by atoms with E-state index in [4.69, 9.17) is 51.8 Å². The Labute approximate surface area is 837 Å². The minimum absolute atomic E-state index is 0.0290. The van der Waals surface area contributed by atoms with Crippen LogP contribution in [0.15, 0.2) is 137 Å². The van der Waals surface area contributed by atoms with Gasteiger partial charge in [0.15, 0.2) is 11.2 Å². The number of pyridine rings is 2. The summed E-state index contributed by atoms with van der Waals surface area (Å²) >= 11 is 3.26. The summed E-state index contributed by atoms with van der Waals surface area (Å²) in [6.45, 7) is 32.7. The minimum Gasteiger partial charge on any atom is -0.491 e. The molecule has 43 heteroatoms. The van der Waals surface area contributed by atoms with Crippen LogP contribution in [0.25, 0.3) is 33.4 Å².